The fourth-order valence-electron chi connectivity index (χ4n) is 2.58. The molecule has 1 N–H and O–H groups in total. The Kier molecular flexibility index (Phi) is 5.54. The van der Waals surface area contributed by atoms with Gasteiger partial charge in [-0.05, 0) is 36.6 Å². The van der Waals surface area contributed by atoms with Crippen LogP contribution in [-0.2, 0) is 10.8 Å². The van der Waals surface area contributed by atoms with Gasteiger partial charge in [0.2, 0.25) is 0 Å². The van der Waals surface area contributed by atoms with Crippen molar-refractivity contribution < 1.29 is 9.32 Å². The minimum Gasteiger partial charge on any atom is -0.392 e. The Morgan fingerprint density at radius 3 is 2.14 bits per heavy atom. The van der Waals surface area contributed by atoms with Crippen molar-refractivity contribution in [2.24, 2.45) is 5.92 Å². The van der Waals surface area contributed by atoms with Crippen molar-refractivity contribution >= 4 is 10.8 Å². The van der Waals surface area contributed by atoms with Crippen molar-refractivity contribution in [3.8, 4) is 0 Å². The van der Waals surface area contributed by atoms with Crippen LogP contribution in [0.1, 0.15) is 37.8 Å². The van der Waals surface area contributed by atoms with Crippen LogP contribution in [0.4, 0.5) is 0 Å². The molecule has 3 atom stereocenters. The number of aryl methyl sites for hydroxylation is 1. The molecule has 0 aliphatic rings. The summed E-state index contributed by atoms with van der Waals surface area (Å²) in [5, 5.41) is 10.4. The summed E-state index contributed by atoms with van der Waals surface area (Å²) < 4.78 is 12.9. The molecule has 2 aromatic rings. The summed E-state index contributed by atoms with van der Waals surface area (Å²) >= 11 is 0. The Morgan fingerprint density at radius 1 is 0.955 bits per heavy atom. The van der Waals surface area contributed by atoms with Crippen LogP contribution >= 0.6 is 0 Å². The van der Waals surface area contributed by atoms with Crippen LogP contribution in [0.2, 0.25) is 0 Å². The standard InChI is InChI=1S/C19H24O2S/c1-13(2)19(20)15(4)17-7-5-6-8-18(17)22(21)16-11-9-14(3)10-12-16/h5-13,15,19-20H,1-4H3/t15-,19-,22?/m0/s1. The molecule has 1 unspecified atom stereocenters. The van der Waals surface area contributed by atoms with E-state index in [0.717, 1.165) is 20.9 Å². The summed E-state index contributed by atoms with van der Waals surface area (Å²) in [5.74, 6) is 0.112. The second-order valence-electron chi connectivity index (χ2n) is 6.14. The van der Waals surface area contributed by atoms with Crippen LogP contribution in [-0.4, -0.2) is 15.4 Å². The monoisotopic (exact) mass is 316 g/mol. The Labute approximate surface area is 135 Å². The normalized spacial score (nSPS) is 15.5. The van der Waals surface area contributed by atoms with E-state index in [4.69, 9.17) is 0 Å². The van der Waals surface area contributed by atoms with Crippen molar-refractivity contribution in [3.05, 3.63) is 59.7 Å². The van der Waals surface area contributed by atoms with Crippen LogP contribution in [0.3, 0.4) is 0 Å². The average Bonchev–Trinajstić information content (AvgIpc) is 2.53. The van der Waals surface area contributed by atoms with Crippen LogP contribution in [0.5, 0.6) is 0 Å². The number of aliphatic hydroxyl groups excluding tert-OH is 1. The Bertz CT molecular complexity index is 647. The van der Waals surface area contributed by atoms with Crippen LogP contribution in [0.25, 0.3) is 0 Å². The molecule has 0 amide bonds. The highest BCUT2D eigenvalue weighted by atomic mass is 32.2. The van der Waals surface area contributed by atoms with E-state index in [1.165, 1.54) is 0 Å². The molecule has 0 aliphatic carbocycles. The van der Waals surface area contributed by atoms with E-state index in [1.807, 2.05) is 76.2 Å². The lowest BCUT2D eigenvalue weighted by Crippen LogP contribution is -2.23. The molecule has 0 fully saturated rings. The molecular formula is C19H24O2S. The quantitative estimate of drug-likeness (QED) is 0.894. The van der Waals surface area contributed by atoms with Crippen LogP contribution in [0.15, 0.2) is 58.3 Å². The minimum absolute atomic E-state index is 0.0504. The van der Waals surface area contributed by atoms with Crippen molar-refractivity contribution in [1.29, 1.82) is 0 Å². The average molecular weight is 316 g/mol. The van der Waals surface area contributed by atoms with E-state index in [1.54, 1.807) is 0 Å². The number of hydrogen-bond acceptors (Lipinski definition) is 2. The topological polar surface area (TPSA) is 37.3 Å². The van der Waals surface area contributed by atoms with Crippen molar-refractivity contribution in [2.45, 2.75) is 49.5 Å². The zero-order valence-corrected chi connectivity index (χ0v) is 14.4. The fraction of sp³-hybridized carbons (Fsp3) is 0.368. The Morgan fingerprint density at radius 2 is 1.55 bits per heavy atom. The predicted octanol–water partition coefficient (Wildman–Crippen LogP) is 4.28. The van der Waals surface area contributed by atoms with E-state index < -0.39 is 16.9 Å². The molecule has 2 nitrogen and oxygen atoms in total. The van der Waals surface area contributed by atoms with Gasteiger partial charge in [-0.3, -0.25) is 0 Å². The van der Waals surface area contributed by atoms with Gasteiger partial charge in [0, 0.05) is 15.7 Å². The first kappa shape index (κ1) is 16.9. The SMILES string of the molecule is Cc1ccc(S(=O)c2ccccc2[C@H](C)[C@@H](O)C(C)C)cc1. The molecule has 2 rings (SSSR count). The third-order valence-electron chi connectivity index (χ3n) is 4.04. The summed E-state index contributed by atoms with van der Waals surface area (Å²) in [4.78, 5) is 1.59. The molecule has 0 aromatic heterocycles. The van der Waals surface area contributed by atoms with E-state index >= 15 is 0 Å². The van der Waals surface area contributed by atoms with Crippen molar-refractivity contribution in [1.82, 2.24) is 0 Å². The molecule has 22 heavy (non-hydrogen) atoms. The maximum Gasteiger partial charge on any atom is 0.0852 e. The zero-order valence-electron chi connectivity index (χ0n) is 13.6. The van der Waals surface area contributed by atoms with E-state index in [9.17, 15) is 9.32 Å². The Hall–Kier alpha value is -1.45. The lowest BCUT2D eigenvalue weighted by molar-refractivity contribution is 0.101. The number of aliphatic hydroxyl groups is 1. The van der Waals surface area contributed by atoms with Crippen LogP contribution in [0, 0.1) is 12.8 Å². The third-order valence-corrected chi connectivity index (χ3v) is 5.51. The molecule has 0 saturated heterocycles. The molecule has 0 heterocycles. The summed E-state index contributed by atoms with van der Waals surface area (Å²) in [6.07, 6.45) is -0.448. The van der Waals surface area contributed by atoms with Gasteiger partial charge in [0.15, 0.2) is 0 Å². The third kappa shape index (κ3) is 3.65. The molecule has 2 aromatic carbocycles. The smallest absolute Gasteiger partial charge is 0.0852 e. The summed E-state index contributed by atoms with van der Waals surface area (Å²) in [6.45, 7) is 8.01. The molecule has 118 valence electrons. The van der Waals surface area contributed by atoms with Gasteiger partial charge in [-0.2, -0.15) is 0 Å². The van der Waals surface area contributed by atoms with Gasteiger partial charge in [-0.1, -0.05) is 56.7 Å². The number of rotatable bonds is 5. The second kappa shape index (κ2) is 7.21. The molecule has 0 bridgehead atoms. The number of hydrogen-bond donors (Lipinski definition) is 1. The van der Waals surface area contributed by atoms with Gasteiger partial charge < -0.3 is 5.11 Å². The lowest BCUT2D eigenvalue weighted by atomic mass is 9.89. The van der Waals surface area contributed by atoms with Crippen molar-refractivity contribution in [2.75, 3.05) is 0 Å². The molecular weight excluding hydrogens is 292 g/mol. The summed E-state index contributed by atoms with van der Waals surface area (Å²) in [7, 11) is -1.23. The zero-order chi connectivity index (χ0) is 16.3. The molecule has 0 spiro atoms. The maximum atomic E-state index is 12.9. The highest BCUT2D eigenvalue weighted by molar-refractivity contribution is 7.85. The Balaban J connectivity index is 2.39. The van der Waals surface area contributed by atoms with Crippen LogP contribution < -0.4 is 0 Å². The summed E-state index contributed by atoms with van der Waals surface area (Å²) in [6, 6.07) is 15.5. The molecule has 0 aliphatic heterocycles. The molecule has 0 saturated carbocycles. The largest absolute Gasteiger partial charge is 0.392 e. The lowest BCUT2D eigenvalue weighted by Gasteiger charge is -2.24. The van der Waals surface area contributed by atoms with Gasteiger partial charge in [0.25, 0.3) is 0 Å². The van der Waals surface area contributed by atoms with E-state index in [0.29, 0.717) is 0 Å². The van der Waals surface area contributed by atoms with Gasteiger partial charge in [-0.25, -0.2) is 4.21 Å². The second-order valence-corrected chi connectivity index (χ2v) is 7.59. The van der Waals surface area contributed by atoms with E-state index in [-0.39, 0.29) is 11.8 Å². The van der Waals surface area contributed by atoms with Gasteiger partial charge >= 0.3 is 0 Å². The molecule has 3 heteroatoms. The summed E-state index contributed by atoms with van der Waals surface area (Å²) in [5.41, 5.74) is 2.11. The highest BCUT2D eigenvalue weighted by Crippen LogP contribution is 2.30. The first-order valence-corrected chi connectivity index (χ1v) is 8.82. The minimum atomic E-state index is -1.23. The predicted molar refractivity (Wildman–Crippen MR) is 91.6 cm³/mol. The van der Waals surface area contributed by atoms with E-state index in [2.05, 4.69) is 0 Å². The molecule has 0 radical (unpaired) electrons. The fourth-order valence-corrected chi connectivity index (χ4v) is 3.88. The maximum absolute atomic E-state index is 12.9. The number of benzene rings is 2. The van der Waals surface area contributed by atoms with Gasteiger partial charge in [0.1, 0.15) is 0 Å². The van der Waals surface area contributed by atoms with Gasteiger partial charge in [-0.15, -0.1) is 0 Å². The first-order valence-electron chi connectivity index (χ1n) is 7.67. The highest BCUT2D eigenvalue weighted by Gasteiger charge is 2.23. The van der Waals surface area contributed by atoms with Gasteiger partial charge in [0.05, 0.1) is 16.9 Å². The first-order chi connectivity index (χ1) is 10.4. The van der Waals surface area contributed by atoms with Crippen molar-refractivity contribution in [3.63, 3.8) is 0 Å².